The van der Waals surface area contributed by atoms with Crippen molar-refractivity contribution in [3.05, 3.63) is 46.5 Å². The Labute approximate surface area is 132 Å². The quantitative estimate of drug-likeness (QED) is 0.843. The van der Waals surface area contributed by atoms with E-state index >= 15 is 0 Å². The number of hydrogen-bond acceptors (Lipinski definition) is 4. The second-order valence-corrected chi connectivity index (χ2v) is 6.39. The predicted octanol–water partition coefficient (Wildman–Crippen LogP) is 3.80. The molecule has 0 aliphatic rings. The monoisotopic (exact) mass is 303 g/mol. The zero-order chi connectivity index (χ0) is 15.2. The van der Waals surface area contributed by atoms with Crippen molar-refractivity contribution in [3.63, 3.8) is 0 Å². The zero-order valence-corrected chi connectivity index (χ0v) is 14.2. The number of aryl methyl sites for hydroxylation is 1. The molecule has 1 aromatic carbocycles. The van der Waals surface area contributed by atoms with E-state index in [4.69, 9.17) is 4.98 Å². The van der Waals surface area contributed by atoms with Crippen LogP contribution in [0.25, 0.3) is 0 Å². The van der Waals surface area contributed by atoms with Crippen molar-refractivity contribution in [1.82, 2.24) is 10.3 Å². The van der Waals surface area contributed by atoms with Crippen LogP contribution in [0, 0.1) is 6.92 Å². The van der Waals surface area contributed by atoms with E-state index in [0.29, 0.717) is 6.04 Å². The van der Waals surface area contributed by atoms with Crippen LogP contribution in [0.15, 0.2) is 30.3 Å². The van der Waals surface area contributed by atoms with E-state index in [-0.39, 0.29) is 0 Å². The average molecular weight is 303 g/mol. The Morgan fingerprint density at radius 1 is 1.29 bits per heavy atom. The van der Waals surface area contributed by atoms with Gasteiger partial charge in [-0.1, -0.05) is 37.3 Å². The van der Waals surface area contributed by atoms with Crippen LogP contribution in [0.5, 0.6) is 0 Å². The molecule has 1 heterocycles. The van der Waals surface area contributed by atoms with Gasteiger partial charge in [0.15, 0.2) is 5.13 Å². The number of nitrogens with one attached hydrogen (secondary N) is 1. The third-order valence-corrected chi connectivity index (χ3v) is 5.08. The van der Waals surface area contributed by atoms with Crippen LogP contribution in [-0.2, 0) is 6.42 Å². The number of benzene rings is 1. The first-order chi connectivity index (χ1) is 10.1. The highest BCUT2D eigenvalue weighted by Gasteiger charge is 2.15. The second kappa shape index (κ2) is 7.57. The summed E-state index contributed by atoms with van der Waals surface area (Å²) in [4.78, 5) is 8.33. The molecular weight excluding hydrogens is 278 g/mol. The van der Waals surface area contributed by atoms with Gasteiger partial charge in [0.05, 0.1) is 5.69 Å². The Hall–Kier alpha value is -1.39. The molecule has 4 heteroatoms. The predicted molar refractivity (Wildman–Crippen MR) is 92.4 cm³/mol. The average Bonchev–Trinajstić information content (AvgIpc) is 2.88. The smallest absolute Gasteiger partial charge is 0.185 e. The molecule has 0 saturated heterocycles. The summed E-state index contributed by atoms with van der Waals surface area (Å²) in [6, 6.07) is 11.0. The van der Waals surface area contributed by atoms with Crippen LogP contribution in [0.3, 0.4) is 0 Å². The standard InChI is InChI=1S/C17H25N3S/c1-5-18-13(2)16-14(3)19-17(21-16)20(4)12-11-15-9-7-6-8-10-15/h6-10,13,18H,5,11-12H2,1-4H3. The number of aromatic nitrogens is 1. The molecular formula is C17H25N3S. The van der Waals surface area contributed by atoms with E-state index in [1.807, 2.05) is 0 Å². The van der Waals surface area contributed by atoms with E-state index < -0.39 is 0 Å². The van der Waals surface area contributed by atoms with Gasteiger partial charge in [-0.15, -0.1) is 11.3 Å². The van der Waals surface area contributed by atoms with E-state index in [2.05, 4.69) is 68.4 Å². The van der Waals surface area contributed by atoms with Gasteiger partial charge in [-0.3, -0.25) is 0 Å². The molecule has 1 atom stereocenters. The maximum atomic E-state index is 4.73. The summed E-state index contributed by atoms with van der Waals surface area (Å²) in [7, 11) is 2.13. The highest BCUT2D eigenvalue weighted by atomic mass is 32.1. The minimum atomic E-state index is 0.378. The summed E-state index contributed by atoms with van der Waals surface area (Å²) in [5.74, 6) is 0. The van der Waals surface area contributed by atoms with Gasteiger partial charge in [-0.25, -0.2) is 4.98 Å². The topological polar surface area (TPSA) is 28.2 Å². The first-order valence-corrected chi connectivity index (χ1v) is 8.39. The van der Waals surface area contributed by atoms with Crippen LogP contribution < -0.4 is 10.2 Å². The lowest BCUT2D eigenvalue weighted by atomic mass is 10.1. The zero-order valence-electron chi connectivity index (χ0n) is 13.4. The van der Waals surface area contributed by atoms with Crippen molar-refractivity contribution in [2.75, 3.05) is 25.0 Å². The van der Waals surface area contributed by atoms with Crippen LogP contribution >= 0.6 is 11.3 Å². The van der Waals surface area contributed by atoms with Crippen LogP contribution in [0.1, 0.15) is 36.0 Å². The molecule has 0 radical (unpaired) electrons. The number of anilines is 1. The van der Waals surface area contributed by atoms with Gasteiger partial charge in [-0.05, 0) is 32.4 Å². The van der Waals surface area contributed by atoms with Gasteiger partial charge in [0, 0.05) is 24.5 Å². The molecule has 1 unspecified atom stereocenters. The van der Waals surface area contributed by atoms with Gasteiger partial charge in [0.1, 0.15) is 0 Å². The number of likely N-dealkylation sites (N-methyl/N-ethyl adjacent to an activating group) is 1. The summed E-state index contributed by atoms with van der Waals surface area (Å²) in [6.07, 6.45) is 1.05. The number of nitrogens with zero attached hydrogens (tertiary/aromatic N) is 2. The van der Waals surface area contributed by atoms with E-state index in [1.165, 1.54) is 10.4 Å². The molecule has 21 heavy (non-hydrogen) atoms. The Balaban J connectivity index is 1.99. The Morgan fingerprint density at radius 3 is 2.67 bits per heavy atom. The highest BCUT2D eigenvalue weighted by molar-refractivity contribution is 7.15. The summed E-state index contributed by atoms with van der Waals surface area (Å²) in [5, 5.41) is 4.58. The summed E-state index contributed by atoms with van der Waals surface area (Å²) >= 11 is 1.80. The summed E-state index contributed by atoms with van der Waals surface area (Å²) in [6.45, 7) is 8.43. The molecule has 0 amide bonds. The lowest BCUT2D eigenvalue weighted by Gasteiger charge is -2.15. The molecule has 114 valence electrons. The molecule has 0 spiro atoms. The Bertz CT molecular complexity index is 550. The van der Waals surface area contributed by atoms with Crippen molar-refractivity contribution in [2.45, 2.75) is 33.2 Å². The van der Waals surface area contributed by atoms with Crippen molar-refractivity contribution < 1.29 is 0 Å². The third kappa shape index (κ3) is 4.29. The maximum Gasteiger partial charge on any atom is 0.185 e. The van der Waals surface area contributed by atoms with Gasteiger partial charge >= 0.3 is 0 Å². The molecule has 2 rings (SSSR count). The SMILES string of the molecule is CCNC(C)c1sc(N(C)CCc2ccccc2)nc1C. The van der Waals surface area contributed by atoms with E-state index in [1.54, 1.807) is 11.3 Å². The third-order valence-electron chi connectivity index (χ3n) is 3.63. The largest absolute Gasteiger partial charge is 0.351 e. The van der Waals surface area contributed by atoms with Gasteiger partial charge in [-0.2, -0.15) is 0 Å². The minimum Gasteiger partial charge on any atom is -0.351 e. The molecule has 0 aliphatic heterocycles. The normalized spacial score (nSPS) is 12.4. The highest BCUT2D eigenvalue weighted by Crippen LogP contribution is 2.30. The number of thiazole rings is 1. The molecule has 3 nitrogen and oxygen atoms in total. The molecule has 0 aliphatic carbocycles. The minimum absolute atomic E-state index is 0.378. The summed E-state index contributed by atoms with van der Waals surface area (Å²) in [5.41, 5.74) is 2.52. The number of rotatable bonds is 7. The van der Waals surface area contributed by atoms with Gasteiger partial charge in [0.25, 0.3) is 0 Å². The second-order valence-electron chi connectivity index (χ2n) is 5.38. The van der Waals surface area contributed by atoms with Crippen LogP contribution in [0.4, 0.5) is 5.13 Å². The van der Waals surface area contributed by atoms with Crippen molar-refractivity contribution in [3.8, 4) is 0 Å². The molecule has 1 aromatic heterocycles. The summed E-state index contributed by atoms with van der Waals surface area (Å²) < 4.78 is 0. The molecule has 0 bridgehead atoms. The lowest BCUT2D eigenvalue weighted by Crippen LogP contribution is -2.20. The Kier molecular flexibility index (Phi) is 5.76. The molecule has 2 aromatic rings. The maximum absolute atomic E-state index is 4.73. The van der Waals surface area contributed by atoms with E-state index in [0.717, 1.165) is 30.3 Å². The molecule has 0 saturated carbocycles. The van der Waals surface area contributed by atoms with E-state index in [9.17, 15) is 0 Å². The number of hydrogen-bond donors (Lipinski definition) is 1. The fourth-order valence-electron chi connectivity index (χ4n) is 2.39. The molecule has 0 fully saturated rings. The van der Waals surface area contributed by atoms with Crippen molar-refractivity contribution in [1.29, 1.82) is 0 Å². The fourth-order valence-corrected chi connectivity index (χ4v) is 3.47. The van der Waals surface area contributed by atoms with Crippen molar-refractivity contribution >= 4 is 16.5 Å². The van der Waals surface area contributed by atoms with Crippen LogP contribution in [-0.4, -0.2) is 25.1 Å². The van der Waals surface area contributed by atoms with Crippen molar-refractivity contribution in [2.24, 2.45) is 0 Å². The lowest BCUT2D eigenvalue weighted by molar-refractivity contribution is 0.603. The van der Waals surface area contributed by atoms with Gasteiger partial charge in [0.2, 0.25) is 0 Å². The molecule has 1 N–H and O–H groups in total. The Morgan fingerprint density at radius 2 is 2.00 bits per heavy atom. The first-order valence-electron chi connectivity index (χ1n) is 7.57. The fraction of sp³-hybridized carbons (Fsp3) is 0.471. The van der Waals surface area contributed by atoms with Gasteiger partial charge < -0.3 is 10.2 Å². The first kappa shape index (κ1) is 16.0. The van der Waals surface area contributed by atoms with Crippen LogP contribution in [0.2, 0.25) is 0 Å².